The standard InChI is InChI=1S/C35H36BrCl2N3O4S/c1-3-4-20-39-35(43)32(22-26-10-6-5-7-11-26)40(23-27-12-8-13-28(36)21-27)33(42)24-41(31-15-9-14-30(37)34(31)38)46(44,45)29-18-16-25(2)17-19-29/h5-19,21,32H,3-4,20,22-24H2,1-2H3,(H,39,43)/t32-/m0/s1. The maximum absolute atomic E-state index is 14.6. The Morgan fingerprint density at radius 3 is 2.24 bits per heavy atom. The molecule has 0 heterocycles. The minimum Gasteiger partial charge on any atom is -0.354 e. The van der Waals surface area contributed by atoms with E-state index in [2.05, 4.69) is 21.2 Å². The van der Waals surface area contributed by atoms with Crippen LogP contribution in [0.1, 0.15) is 36.5 Å². The fraction of sp³-hybridized carbons (Fsp3) is 0.257. The number of carbonyl (C=O) groups excluding carboxylic acids is 2. The van der Waals surface area contributed by atoms with Crippen LogP contribution < -0.4 is 9.62 Å². The Balaban J connectivity index is 1.82. The number of unbranched alkanes of at least 4 members (excludes halogenated alkanes) is 1. The predicted molar refractivity (Wildman–Crippen MR) is 189 cm³/mol. The van der Waals surface area contributed by atoms with Gasteiger partial charge in [-0.05, 0) is 60.9 Å². The van der Waals surface area contributed by atoms with Gasteiger partial charge in [-0.15, -0.1) is 0 Å². The Morgan fingerprint density at radius 2 is 1.57 bits per heavy atom. The van der Waals surface area contributed by atoms with E-state index in [0.29, 0.717) is 6.54 Å². The van der Waals surface area contributed by atoms with Crippen molar-refractivity contribution >= 4 is 66.7 Å². The molecule has 2 amide bonds. The lowest BCUT2D eigenvalue weighted by Gasteiger charge is -2.34. The first-order valence-corrected chi connectivity index (χ1v) is 17.9. The normalized spacial score (nSPS) is 11.9. The van der Waals surface area contributed by atoms with Crippen molar-refractivity contribution in [2.24, 2.45) is 0 Å². The second kappa shape index (κ2) is 16.5. The zero-order valence-corrected chi connectivity index (χ0v) is 29.5. The van der Waals surface area contributed by atoms with Gasteiger partial charge in [0.1, 0.15) is 12.6 Å². The Hall–Kier alpha value is -3.37. The molecule has 0 saturated heterocycles. The van der Waals surface area contributed by atoms with Crippen molar-refractivity contribution in [1.29, 1.82) is 0 Å². The number of hydrogen-bond acceptors (Lipinski definition) is 4. The van der Waals surface area contributed by atoms with Crippen molar-refractivity contribution in [1.82, 2.24) is 10.2 Å². The highest BCUT2D eigenvalue weighted by molar-refractivity contribution is 9.10. The van der Waals surface area contributed by atoms with Crippen molar-refractivity contribution < 1.29 is 18.0 Å². The fourth-order valence-electron chi connectivity index (χ4n) is 4.93. The largest absolute Gasteiger partial charge is 0.354 e. The van der Waals surface area contributed by atoms with Crippen LogP contribution >= 0.6 is 39.1 Å². The molecule has 46 heavy (non-hydrogen) atoms. The quantitative estimate of drug-likeness (QED) is 0.134. The molecule has 0 aliphatic rings. The third-order valence-electron chi connectivity index (χ3n) is 7.43. The summed E-state index contributed by atoms with van der Waals surface area (Å²) < 4.78 is 30.2. The van der Waals surface area contributed by atoms with Crippen molar-refractivity contribution in [2.75, 3.05) is 17.4 Å². The molecular weight excluding hydrogens is 709 g/mol. The number of carbonyl (C=O) groups is 2. The number of halogens is 3. The summed E-state index contributed by atoms with van der Waals surface area (Å²) >= 11 is 16.4. The summed E-state index contributed by atoms with van der Waals surface area (Å²) in [6, 6.07) is 26.9. The Labute approximate surface area is 289 Å². The first-order valence-electron chi connectivity index (χ1n) is 14.9. The molecule has 0 radical (unpaired) electrons. The molecule has 1 atom stereocenters. The molecule has 0 aromatic heterocycles. The lowest BCUT2D eigenvalue weighted by atomic mass is 10.0. The SMILES string of the molecule is CCCCNC(=O)[C@H](Cc1ccccc1)N(Cc1cccc(Br)c1)C(=O)CN(c1cccc(Cl)c1Cl)S(=O)(=O)c1ccc(C)cc1. The Kier molecular flexibility index (Phi) is 12.7. The number of sulfonamides is 1. The molecule has 7 nitrogen and oxygen atoms in total. The van der Waals surface area contributed by atoms with Gasteiger partial charge in [-0.3, -0.25) is 13.9 Å². The van der Waals surface area contributed by atoms with Crippen LogP contribution in [0.25, 0.3) is 0 Å². The van der Waals surface area contributed by atoms with Crippen LogP contribution in [-0.2, 0) is 32.6 Å². The topological polar surface area (TPSA) is 86.8 Å². The maximum Gasteiger partial charge on any atom is 0.264 e. The van der Waals surface area contributed by atoms with E-state index in [1.165, 1.54) is 23.1 Å². The summed E-state index contributed by atoms with van der Waals surface area (Å²) in [5.41, 5.74) is 2.54. The van der Waals surface area contributed by atoms with E-state index in [0.717, 1.165) is 38.3 Å². The van der Waals surface area contributed by atoms with Crippen LogP contribution in [-0.4, -0.2) is 44.3 Å². The summed E-state index contributed by atoms with van der Waals surface area (Å²) in [5.74, 6) is -0.910. The van der Waals surface area contributed by atoms with Crippen LogP contribution in [0, 0.1) is 6.92 Å². The first kappa shape index (κ1) is 35.5. The summed E-state index contributed by atoms with van der Waals surface area (Å²) in [5, 5.41) is 3.11. The highest BCUT2D eigenvalue weighted by Crippen LogP contribution is 2.35. The first-order chi connectivity index (χ1) is 22.0. The van der Waals surface area contributed by atoms with Crippen LogP contribution in [0.15, 0.2) is 106 Å². The molecule has 0 aliphatic heterocycles. The summed E-state index contributed by atoms with van der Waals surface area (Å²) in [4.78, 5) is 29.8. The number of nitrogens with zero attached hydrogens (tertiary/aromatic N) is 2. The molecule has 11 heteroatoms. The van der Waals surface area contributed by atoms with Gasteiger partial charge in [-0.2, -0.15) is 0 Å². The maximum atomic E-state index is 14.6. The second-order valence-electron chi connectivity index (χ2n) is 10.9. The molecule has 0 fully saturated rings. The van der Waals surface area contributed by atoms with Gasteiger partial charge in [0.25, 0.3) is 10.0 Å². The molecular formula is C35H36BrCl2N3O4S. The van der Waals surface area contributed by atoms with Crippen molar-refractivity contribution in [3.05, 3.63) is 128 Å². The van der Waals surface area contributed by atoms with Crippen LogP contribution in [0.2, 0.25) is 10.0 Å². The summed E-state index contributed by atoms with van der Waals surface area (Å²) in [6.45, 7) is 3.76. The van der Waals surface area contributed by atoms with E-state index in [1.807, 2.05) is 68.4 Å². The number of nitrogens with one attached hydrogen (secondary N) is 1. The van der Waals surface area contributed by atoms with E-state index in [4.69, 9.17) is 23.2 Å². The van der Waals surface area contributed by atoms with Gasteiger partial charge in [-0.25, -0.2) is 8.42 Å². The predicted octanol–water partition coefficient (Wildman–Crippen LogP) is 7.82. The van der Waals surface area contributed by atoms with Crippen LogP contribution in [0.5, 0.6) is 0 Å². The van der Waals surface area contributed by atoms with Crippen molar-refractivity contribution in [3.63, 3.8) is 0 Å². The monoisotopic (exact) mass is 743 g/mol. The van der Waals surface area contributed by atoms with Gasteiger partial charge < -0.3 is 10.2 Å². The molecule has 4 aromatic carbocycles. The van der Waals surface area contributed by atoms with E-state index in [9.17, 15) is 18.0 Å². The molecule has 1 N–H and O–H groups in total. The highest BCUT2D eigenvalue weighted by atomic mass is 79.9. The number of amides is 2. The summed E-state index contributed by atoms with van der Waals surface area (Å²) in [6.07, 6.45) is 1.89. The lowest BCUT2D eigenvalue weighted by Crippen LogP contribution is -2.53. The number of aryl methyl sites for hydroxylation is 1. The van der Waals surface area contributed by atoms with E-state index in [-0.39, 0.29) is 39.5 Å². The van der Waals surface area contributed by atoms with Gasteiger partial charge in [-0.1, -0.05) is 119 Å². The molecule has 242 valence electrons. The third kappa shape index (κ3) is 9.12. The van der Waals surface area contributed by atoms with E-state index in [1.54, 1.807) is 24.3 Å². The number of hydrogen-bond donors (Lipinski definition) is 1. The minimum atomic E-state index is -4.31. The van der Waals surface area contributed by atoms with E-state index < -0.39 is 28.5 Å². The zero-order valence-electron chi connectivity index (χ0n) is 25.6. The Bertz CT molecular complexity index is 1760. The van der Waals surface area contributed by atoms with Crippen LogP contribution in [0.4, 0.5) is 5.69 Å². The van der Waals surface area contributed by atoms with Crippen molar-refractivity contribution in [2.45, 2.75) is 50.6 Å². The number of benzene rings is 4. The van der Waals surface area contributed by atoms with Crippen molar-refractivity contribution in [3.8, 4) is 0 Å². The second-order valence-corrected chi connectivity index (χ2v) is 14.5. The molecule has 0 aliphatic carbocycles. The molecule has 0 spiro atoms. The molecule has 0 bridgehead atoms. The Morgan fingerprint density at radius 1 is 0.891 bits per heavy atom. The molecule has 0 unspecified atom stereocenters. The number of rotatable bonds is 14. The third-order valence-corrected chi connectivity index (χ3v) is 10.5. The molecule has 4 rings (SSSR count). The minimum absolute atomic E-state index is 0.00987. The molecule has 0 saturated carbocycles. The number of anilines is 1. The highest BCUT2D eigenvalue weighted by Gasteiger charge is 2.35. The van der Waals surface area contributed by atoms with Gasteiger partial charge in [0.15, 0.2) is 0 Å². The fourth-order valence-corrected chi connectivity index (χ4v) is 7.25. The van der Waals surface area contributed by atoms with Gasteiger partial charge in [0, 0.05) is 24.0 Å². The van der Waals surface area contributed by atoms with Gasteiger partial charge in [0.2, 0.25) is 11.8 Å². The zero-order chi connectivity index (χ0) is 33.3. The average molecular weight is 746 g/mol. The van der Waals surface area contributed by atoms with Gasteiger partial charge >= 0.3 is 0 Å². The summed E-state index contributed by atoms with van der Waals surface area (Å²) in [7, 11) is -4.31. The lowest BCUT2D eigenvalue weighted by molar-refractivity contribution is -0.140. The van der Waals surface area contributed by atoms with Gasteiger partial charge in [0.05, 0.1) is 20.6 Å². The molecule has 4 aromatic rings. The average Bonchev–Trinajstić information content (AvgIpc) is 3.03. The van der Waals surface area contributed by atoms with Crippen LogP contribution in [0.3, 0.4) is 0 Å². The smallest absolute Gasteiger partial charge is 0.264 e. The van der Waals surface area contributed by atoms with E-state index >= 15 is 0 Å².